The summed E-state index contributed by atoms with van der Waals surface area (Å²) >= 11 is 0. The zero-order valence-electron chi connectivity index (χ0n) is 14.0. The molecule has 0 aliphatic carbocycles. The number of carbonyl (C=O) groups excluding carboxylic acids is 1. The van der Waals surface area contributed by atoms with Gasteiger partial charge in [-0.2, -0.15) is 0 Å². The minimum absolute atomic E-state index is 0.0138. The quantitative estimate of drug-likeness (QED) is 0.837. The van der Waals surface area contributed by atoms with Crippen molar-refractivity contribution < 1.29 is 27.8 Å². The van der Waals surface area contributed by atoms with Crippen molar-refractivity contribution in [1.29, 1.82) is 0 Å². The van der Waals surface area contributed by atoms with E-state index in [4.69, 9.17) is 14.2 Å². The Bertz CT molecular complexity index is 723. The molecule has 0 aromatic heterocycles. The van der Waals surface area contributed by atoms with Crippen LogP contribution in [0.1, 0.15) is 5.56 Å². The highest BCUT2D eigenvalue weighted by Gasteiger charge is 2.13. The Morgan fingerprint density at radius 1 is 0.920 bits per heavy atom. The van der Waals surface area contributed by atoms with Crippen LogP contribution >= 0.6 is 0 Å². The molecule has 25 heavy (non-hydrogen) atoms. The van der Waals surface area contributed by atoms with Gasteiger partial charge in [-0.1, -0.05) is 0 Å². The normalized spacial score (nSPS) is 10.1. The maximum absolute atomic E-state index is 13.1. The third kappa shape index (κ3) is 4.72. The number of methoxy groups -OCH3 is 3. The molecule has 2 N–H and O–H groups in total. The Hall–Kier alpha value is -3.03. The Kier molecular flexibility index (Phi) is 5.99. The summed E-state index contributed by atoms with van der Waals surface area (Å²) in [5.41, 5.74) is 0.704. The Balaban J connectivity index is 2.06. The van der Waals surface area contributed by atoms with Crippen molar-refractivity contribution in [3.8, 4) is 17.2 Å². The van der Waals surface area contributed by atoms with E-state index in [9.17, 15) is 13.6 Å². The molecule has 0 aliphatic rings. The lowest BCUT2D eigenvalue weighted by Gasteiger charge is -2.14. The number of urea groups is 1. The second kappa shape index (κ2) is 8.18. The molecule has 2 amide bonds. The third-order valence-corrected chi connectivity index (χ3v) is 3.30. The summed E-state index contributed by atoms with van der Waals surface area (Å²) in [7, 11) is 4.46. The van der Waals surface area contributed by atoms with Crippen LogP contribution in [-0.2, 0) is 6.54 Å². The molecule has 2 aromatic carbocycles. The fraction of sp³-hybridized carbons (Fsp3) is 0.235. The molecule has 0 atom stereocenters. The second-order valence-corrected chi connectivity index (χ2v) is 5.00. The highest BCUT2D eigenvalue weighted by molar-refractivity contribution is 5.89. The summed E-state index contributed by atoms with van der Waals surface area (Å²) < 4.78 is 41.9. The first-order valence-corrected chi connectivity index (χ1v) is 7.26. The van der Waals surface area contributed by atoms with Gasteiger partial charge in [0.05, 0.1) is 21.3 Å². The number of nitrogens with one attached hydrogen (secondary N) is 2. The number of benzene rings is 2. The molecule has 0 heterocycles. The van der Waals surface area contributed by atoms with E-state index >= 15 is 0 Å². The van der Waals surface area contributed by atoms with Crippen LogP contribution in [0.3, 0.4) is 0 Å². The first-order chi connectivity index (χ1) is 12.0. The van der Waals surface area contributed by atoms with Crippen LogP contribution in [0.5, 0.6) is 17.2 Å². The summed E-state index contributed by atoms with van der Waals surface area (Å²) in [4.78, 5) is 11.9. The highest BCUT2D eigenvalue weighted by atomic mass is 19.1. The molecule has 6 nitrogen and oxygen atoms in total. The van der Waals surface area contributed by atoms with Crippen LogP contribution in [0, 0.1) is 11.6 Å². The van der Waals surface area contributed by atoms with Crippen molar-refractivity contribution in [2.24, 2.45) is 0 Å². The predicted octanol–water partition coefficient (Wildman–Crippen LogP) is 3.31. The van der Waals surface area contributed by atoms with Gasteiger partial charge >= 0.3 is 6.03 Å². The number of carbonyl (C=O) groups is 1. The lowest BCUT2D eigenvalue weighted by Crippen LogP contribution is -2.28. The molecule has 0 radical (unpaired) electrons. The molecule has 0 saturated heterocycles. The average molecular weight is 352 g/mol. The van der Waals surface area contributed by atoms with Gasteiger partial charge in [0.25, 0.3) is 0 Å². The van der Waals surface area contributed by atoms with Gasteiger partial charge in [-0.15, -0.1) is 0 Å². The maximum Gasteiger partial charge on any atom is 0.319 e. The lowest BCUT2D eigenvalue weighted by atomic mass is 10.2. The van der Waals surface area contributed by atoms with Gasteiger partial charge in [0, 0.05) is 18.3 Å². The number of amides is 2. The zero-order chi connectivity index (χ0) is 18.4. The topological polar surface area (TPSA) is 68.8 Å². The smallest absolute Gasteiger partial charge is 0.319 e. The maximum atomic E-state index is 13.1. The van der Waals surface area contributed by atoms with Crippen LogP contribution < -0.4 is 24.8 Å². The highest BCUT2D eigenvalue weighted by Crippen LogP contribution is 2.38. The number of hydrogen-bond acceptors (Lipinski definition) is 4. The number of halogens is 2. The van der Waals surface area contributed by atoms with Crippen LogP contribution in [0.2, 0.25) is 0 Å². The van der Waals surface area contributed by atoms with Crippen molar-refractivity contribution >= 4 is 11.7 Å². The summed E-state index contributed by atoms with van der Waals surface area (Å²) in [6.07, 6.45) is 0. The molecular weight excluding hydrogens is 334 g/mol. The number of rotatable bonds is 6. The third-order valence-electron chi connectivity index (χ3n) is 3.30. The molecule has 0 spiro atoms. The average Bonchev–Trinajstić information content (AvgIpc) is 2.57. The molecule has 0 bridgehead atoms. The molecule has 0 aliphatic heterocycles. The van der Waals surface area contributed by atoms with Crippen LogP contribution in [0.25, 0.3) is 0 Å². The first kappa shape index (κ1) is 18.3. The summed E-state index contributed by atoms with van der Waals surface area (Å²) in [5.74, 6) is -0.217. The van der Waals surface area contributed by atoms with E-state index < -0.39 is 17.7 Å². The minimum Gasteiger partial charge on any atom is -0.493 e. The number of hydrogen-bond donors (Lipinski definition) is 2. The van der Waals surface area contributed by atoms with E-state index in [2.05, 4.69) is 10.6 Å². The number of ether oxygens (including phenoxy) is 3. The second-order valence-electron chi connectivity index (χ2n) is 5.00. The van der Waals surface area contributed by atoms with Crippen LogP contribution in [-0.4, -0.2) is 27.4 Å². The molecular formula is C17H18F2N2O4. The fourth-order valence-corrected chi connectivity index (χ4v) is 2.22. The van der Waals surface area contributed by atoms with E-state index in [0.29, 0.717) is 22.8 Å². The largest absolute Gasteiger partial charge is 0.493 e. The standard InChI is InChI=1S/C17H18F2N2O4/c1-23-14-4-10(5-15(24-2)16(14)25-3)9-20-17(22)21-13-7-11(18)6-12(19)8-13/h4-8H,9H2,1-3H3,(H2,20,21,22). The van der Waals surface area contributed by atoms with Gasteiger partial charge in [0.1, 0.15) is 11.6 Å². The summed E-state index contributed by atoms with van der Waals surface area (Å²) in [5, 5.41) is 4.94. The lowest BCUT2D eigenvalue weighted by molar-refractivity contribution is 0.251. The first-order valence-electron chi connectivity index (χ1n) is 7.26. The Labute approximate surface area is 143 Å². The van der Waals surface area contributed by atoms with Crippen molar-refractivity contribution in [3.63, 3.8) is 0 Å². The van der Waals surface area contributed by atoms with E-state index in [1.54, 1.807) is 12.1 Å². The molecule has 2 aromatic rings. The van der Waals surface area contributed by atoms with E-state index in [-0.39, 0.29) is 12.2 Å². The van der Waals surface area contributed by atoms with Gasteiger partial charge in [-0.3, -0.25) is 0 Å². The molecule has 134 valence electrons. The van der Waals surface area contributed by atoms with Gasteiger partial charge < -0.3 is 24.8 Å². The molecule has 0 unspecified atom stereocenters. The monoisotopic (exact) mass is 352 g/mol. The van der Waals surface area contributed by atoms with Gasteiger partial charge in [0.15, 0.2) is 11.5 Å². The summed E-state index contributed by atoms with van der Waals surface area (Å²) in [6, 6.07) is 5.51. The molecule has 0 saturated carbocycles. The van der Waals surface area contributed by atoms with Crippen molar-refractivity contribution in [3.05, 3.63) is 47.5 Å². The predicted molar refractivity (Wildman–Crippen MR) is 88.3 cm³/mol. The van der Waals surface area contributed by atoms with E-state index in [0.717, 1.165) is 18.2 Å². The molecule has 8 heteroatoms. The van der Waals surface area contributed by atoms with Crippen LogP contribution in [0.4, 0.5) is 19.3 Å². The Morgan fingerprint density at radius 2 is 1.48 bits per heavy atom. The van der Waals surface area contributed by atoms with Crippen molar-refractivity contribution in [2.75, 3.05) is 26.6 Å². The van der Waals surface area contributed by atoms with Crippen molar-refractivity contribution in [1.82, 2.24) is 5.32 Å². The minimum atomic E-state index is -0.778. The SMILES string of the molecule is COc1cc(CNC(=O)Nc2cc(F)cc(F)c2)cc(OC)c1OC. The van der Waals surface area contributed by atoms with Gasteiger partial charge in [-0.05, 0) is 29.8 Å². The number of anilines is 1. The van der Waals surface area contributed by atoms with E-state index in [1.807, 2.05) is 0 Å². The molecule has 0 fully saturated rings. The summed E-state index contributed by atoms with van der Waals surface area (Å²) in [6.45, 7) is 0.139. The van der Waals surface area contributed by atoms with Crippen molar-refractivity contribution in [2.45, 2.75) is 6.54 Å². The zero-order valence-corrected chi connectivity index (χ0v) is 14.0. The van der Waals surface area contributed by atoms with E-state index in [1.165, 1.54) is 21.3 Å². The van der Waals surface area contributed by atoms with Gasteiger partial charge in [0.2, 0.25) is 5.75 Å². The van der Waals surface area contributed by atoms with Crippen LogP contribution in [0.15, 0.2) is 30.3 Å². The fourth-order valence-electron chi connectivity index (χ4n) is 2.22. The Morgan fingerprint density at radius 3 is 1.96 bits per heavy atom. The van der Waals surface area contributed by atoms with Gasteiger partial charge in [-0.25, -0.2) is 13.6 Å². The molecule has 2 rings (SSSR count).